The molecule has 2 aliphatic heterocycles. The minimum Gasteiger partial charge on any atom is -0.378 e. The van der Waals surface area contributed by atoms with Gasteiger partial charge in [-0.05, 0) is 64.3 Å². The van der Waals surface area contributed by atoms with Crippen molar-refractivity contribution in [3.63, 3.8) is 0 Å². The topological polar surface area (TPSA) is 24.5 Å². The fourth-order valence-electron chi connectivity index (χ4n) is 4.11. The van der Waals surface area contributed by atoms with Crippen LogP contribution in [0.3, 0.4) is 0 Å². The van der Waals surface area contributed by atoms with Crippen LogP contribution < -0.4 is 5.32 Å². The second kappa shape index (κ2) is 6.33. The summed E-state index contributed by atoms with van der Waals surface area (Å²) in [6, 6.07) is 0.699. The SMILES string of the molecule is CCC1CN(CCCC2CCCO2)C(C)(C2CC2)CN1. The minimum absolute atomic E-state index is 0.419. The van der Waals surface area contributed by atoms with Crippen molar-refractivity contribution in [3.05, 3.63) is 0 Å². The van der Waals surface area contributed by atoms with Gasteiger partial charge >= 0.3 is 0 Å². The first kappa shape index (κ1) is 14.8. The highest BCUT2D eigenvalue weighted by Gasteiger charge is 2.47. The maximum absolute atomic E-state index is 5.77. The Morgan fingerprint density at radius 3 is 2.80 bits per heavy atom. The van der Waals surface area contributed by atoms with E-state index in [1.807, 2.05) is 0 Å². The quantitative estimate of drug-likeness (QED) is 0.810. The summed E-state index contributed by atoms with van der Waals surface area (Å²) >= 11 is 0. The molecule has 3 atom stereocenters. The van der Waals surface area contributed by atoms with Crippen LogP contribution >= 0.6 is 0 Å². The van der Waals surface area contributed by atoms with E-state index in [1.54, 1.807) is 0 Å². The van der Waals surface area contributed by atoms with E-state index in [2.05, 4.69) is 24.1 Å². The number of nitrogens with one attached hydrogen (secondary N) is 1. The lowest BCUT2D eigenvalue weighted by Gasteiger charge is -2.49. The van der Waals surface area contributed by atoms with E-state index in [0.717, 1.165) is 12.5 Å². The third-order valence-corrected chi connectivity index (χ3v) is 5.84. The molecule has 3 nitrogen and oxygen atoms in total. The first-order valence-corrected chi connectivity index (χ1v) is 8.82. The average molecular weight is 280 g/mol. The summed E-state index contributed by atoms with van der Waals surface area (Å²) in [6.45, 7) is 9.50. The molecule has 0 aromatic heterocycles. The number of ether oxygens (including phenoxy) is 1. The smallest absolute Gasteiger partial charge is 0.0576 e. The van der Waals surface area contributed by atoms with Crippen molar-refractivity contribution in [2.45, 2.75) is 76.5 Å². The molecule has 3 unspecified atom stereocenters. The van der Waals surface area contributed by atoms with Crippen LogP contribution in [0.4, 0.5) is 0 Å². The summed E-state index contributed by atoms with van der Waals surface area (Å²) in [6.07, 6.45) is 9.84. The van der Waals surface area contributed by atoms with Crippen molar-refractivity contribution in [2.75, 3.05) is 26.2 Å². The fourth-order valence-corrected chi connectivity index (χ4v) is 4.11. The lowest BCUT2D eigenvalue weighted by molar-refractivity contribution is 0.0274. The van der Waals surface area contributed by atoms with Gasteiger partial charge in [0.2, 0.25) is 0 Å². The number of piperazine rings is 1. The van der Waals surface area contributed by atoms with Crippen molar-refractivity contribution in [2.24, 2.45) is 5.92 Å². The first-order chi connectivity index (χ1) is 9.72. The van der Waals surface area contributed by atoms with Crippen molar-refractivity contribution in [1.29, 1.82) is 0 Å². The van der Waals surface area contributed by atoms with Crippen LogP contribution in [0.25, 0.3) is 0 Å². The van der Waals surface area contributed by atoms with Crippen molar-refractivity contribution in [1.82, 2.24) is 10.2 Å². The van der Waals surface area contributed by atoms with E-state index >= 15 is 0 Å². The molecular formula is C17H32N2O. The molecule has 1 saturated carbocycles. The van der Waals surface area contributed by atoms with Gasteiger partial charge in [-0.2, -0.15) is 0 Å². The second-order valence-electron chi connectivity index (χ2n) is 7.34. The monoisotopic (exact) mass is 280 g/mol. The first-order valence-electron chi connectivity index (χ1n) is 8.82. The Kier molecular flexibility index (Phi) is 4.68. The molecule has 116 valence electrons. The molecule has 0 bridgehead atoms. The zero-order chi connectivity index (χ0) is 14.0. The molecule has 1 N–H and O–H groups in total. The molecule has 0 aromatic rings. The van der Waals surface area contributed by atoms with Crippen LogP contribution in [0.5, 0.6) is 0 Å². The Labute approximate surface area is 124 Å². The standard InChI is InChI=1S/C17H32N2O/c1-3-15-12-19(10-4-6-16-7-5-11-20-16)17(2,13-18-15)14-8-9-14/h14-16,18H,3-13H2,1-2H3. The summed E-state index contributed by atoms with van der Waals surface area (Å²) in [4.78, 5) is 2.81. The van der Waals surface area contributed by atoms with Gasteiger partial charge < -0.3 is 10.1 Å². The molecule has 0 spiro atoms. The Balaban J connectivity index is 1.52. The molecule has 2 saturated heterocycles. The molecule has 3 fully saturated rings. The number of rotatable bonds is 6. The Hall–Kier alpha value is -0.120. The van der Waals surface area contributed by atoms with Gasteiger partial charge in [0, 0.05) is 31.3 Å². The van der Waals surface area contributed by atoms with Gasteiger partial charge in [-0.1, -0.05) is 6.92 Å². The molecular weight excluding hydrogens is 248 g/mol. The molecule has 0 aromatic carbocycles. The highest BCUT2D eigenvalue weighted by atomic mass is 16.5. The number of hydrogen-bond donors (Lipinski definition) is 1. The van der Waals surface area contributed by atoms with Crippen LogP contribution in [0, 0.1) is 5.92 Å². The van der Waals surface area contributed by atoms with Crippen molar-refractivity contribution >= 4 is 0 Å². The van der Waals surface area contributed by atoms with E-state index in [0.29, 0.717) is 17.7 Å². The molecule has 20 heavy (non-hydrogen) atoms. The molecule has 3 aliphatic rings. The van der Waals surface area contributed by atoms with Gasteiger partial charge in [-0.15, -0.1) is 0 Å². The molecule has 2 heterocycles. The Morgan fingerprint density at radius 2 is 2.15 bits per heavy atom. The maximum Gasteiger partial charge on any atom is 0.0576 e. The van der Waals surface area contributed by atoms with Crippen LogP contribution in [-0.2, 0) is 4.74 Å². The Morgan fingerprint density at radius 1 is 1.30 bits per heavy atom. The number of hydrogen-bond acceptors (Lipinski definition) is 3. The van der Waals surface area contributed by atoms with Crippen LogP contribution in [-0.4, -0.2) is 48.8 Å². The molecule has 0 radical (unpaired) electrons. The van der Waals surface area contributed by atoms with Crippen LogP contribution in [0.2, 0.25) is 0 Å². The summed E-state index contributed by atoms with van der Waals surface area (Å²) < 4.78 is 5.77. The molecule has 1 aliphatic carbocycles. The van der Waals surface area contributed by atoms with Crippen molar-refractivity contribution in [3.8, 4) is 0 Å². The van der Waals surface area contributed by atoms with Gasteiger partial charge in [0.1, 0.15) is 0 Å². The minimum atomic E-state index is 0.419. The lowest BCUT2D eigenvalue weighted by atomic mass is 9.88. The van der Waals surface area contributed by atoms with Gasteiger partial charge in [-0.25, -0.2) is 0 Å². The van der Waals surface area contributed by atoms with E-state index in [-0.39, 0.29) is 0 Å². The summed E-state index contributed by atoms with van der Waals surface area (Å²) in [5.74, 6) is 0.940. The third kappa shape index (κ3) is 3.20. The Bertz CT molecular complexity index is 312. The zero-order valence-corrected chi connectivity index (χ0v) is 13.4. The molecule has 3 rings (SSSR count). The van der Waals surface area contributed by atoms with E-state index < -0.39 is 0 Å². The summed E-state index contributed by atoms with van der Waals surface area (Å²) in [5, 5.41) is 3.78. The molecule has 3 heteroatoms. The van der Waals surface area contributed by atoms with Gasteiger partial charge in [0.05, 0.1) is 6.10 Å². The average Bonchev–Trinajstić information content (AvgIpc) is 3.20. The largest absolute Gasteiger partial charge is 0.378 e. The van der Waals surface area contributed by atoms with Crippen LogP contribution in [0.15, 0.2) is 0 Å². The predicted molar refractivity (Wildman–Crippen MR) is 83.0 cm³/mol. The highest BCUT2D eigenvalue weighted by molar-refractivity contribution is 5.04. The summed E-state index contributed by atoms with van der Waals surface area (Å²) in [7, 11) is 0. The molecule has 0 amide bonds. The second-order valence-corrected chi connectivity index (χ2v) is 7.34. The van der Waals surface area contributed by atoms with Crippen molar-refractivity contribution < 1.29 is 4.74 Å². The van der Waals surface area contributed by atoms with E-state index in [9.17, 15) is 0 Å². The van der Waals surface area contributed by atoms with Crippen LogP contribution in [0.1, 0.15) is 58.8 Å². The van der Waals surface area contributed by atoms with E-state index in [4.69, 9.17) is 4.74 Å². The predicted octanol–water partition coefficient (Wildman–Crippen LogP) is 2.80. The van der Waals surface area contributed by atoms with E-state index in [1.165, 1.54) is 64.6 Å². The van der Waals surface area contributed by atoms with Gasteiger partial charge in [-0.3, -0.25) is 4.90 Å². The third-order valence-electron chi connectivity index (χ3n) is 5.84. The highest BCUT2D eigenvalue weighted by Crippen LogP contribution is 2.44. The van der Waals surface area contributed by atoms with Gasteiger partial charge in [0.25, 0.3) is 0 Å². The maximum atomic E-state index is 5.77. The zero-order valence-electron chi connectivity index (χ0n) is 13.4. The number of nitrogens with zero attached hydrogens (tertiary/aromatic N) is 1. The normalized spacial score (nSPS) is 39.3. The lowest BCUT2D eigenvalue weighted by Crippen LogP contribution is -2.64. The summed E-state index contributed by atoms with van der Waals surface area (Å²) in [5.41, 5.74) is 0.419. The van der Waals surface area contributed by atoms with Gasteiger partial charge in [0.15, 0.2) is 0 Å². The fraction of sp³-hybridized carbons (Fsp3) is 1.00.